The Labute approximate surface area is 119 Å². The minimum atomic E-state index is -0.599. The number of hydrogen-bond donors (Lipinski definition) is 2. The molecule has 0 spiro atoms. The van der Waals surface area contributed by atoms with E-state index in [0.717, 1.165) is 16.8 Å². The Morgan fingerprint density at radius 1 is 1.10 bits per heavy atom. The average molecular weight is 268 g/mol. The molecule has 3 N–H and O–H groups in total. The van der Waals surface area contributed by atoms with Crippen LogP contribution in [-0.4, -0.2) is 5.91 Å². The molecule has 0 atom stereocenters. The molecule has 20 heavy (non-hydrogen) atoms. The van der Waals surface area contributed by atoms with E-state index < -0.39 is 5.41 Å². The highest BCUT2D eigenvalue weighted by atomic mass is 16.2. The van der Waals surface area contributed by atoms with Crippen molar-refractivity contribution < 1.29 is 4.79 Å². The van der Waals surface area contributed by atoms with Crippen LogP contribution in [0.15, 0.2) is 48.5 Å². The van der Waals surface area contributed by atoms with Gasteiger partial charge in [-0.3, -0.25) is 4.79 Å². The first-order valence-corrected chi connectivity index (χ1v) is 6.64. The number of aryl methyl sites for hydroxylation is 1. The van der Waals surface area contributed by atoms with Crippen molar-refractivity contribution in [1.82, 2.24) is 0 Å². The second-order valence-electron chi connectivity index (χ2n) is 5.52. The molecule has 1 amide bonds. The van der Waals surface area contributed by atoms with Gasteiger partial charge >= 0.3 is 0 Å². The van der Waals surface area contributed by atoms with E-state index in [0.29, 0.717) is 5.69 Å². The Hall–Kier alpha value is -2.29. The van der Waals surface area contributed by atoms with Crippen molar-refractivity contribution in [3.8, 4) is 0 Å². The SMILES string of the molecule is Cc1ccc(N)cc1NC(=O)C(C)(C)c1ccccc1. The van der Waals surface area contributed by atoms with Gasteiger partial charge in [-0.2, -0.15) is 0 Å². The minimum Gasteiger partial charge on any atom is -0.399 e. The van der Waals surface area contributed by atoms with Crippen molar-refractivity contribution in [2.75, 3.05) is 11.1 Å². The number of anilines is 2. The first kappa shape index (κ1) is 14.1. The van der Waals surface area contributed by atoms with Gasteiger partial charge in [0.05, 0.1) is 5.41 Å². The largest absolute Gasteiger partial charge is 0.399 e. The van der Waals surface area contributed by atoms with Crippen LogP contribution in [0.25, 0.3) is 0 Å². The highest BCUT2D eigenvalue weighted by Crippen LogP contribution is 2.26. The summed E-state index contributed by atoms with van der Waals surface area (Å²) in [6, 6.07) is 15.3. The van der Waals surface area contributed by atoms with Gasteiger partial charge in [-0.25, -0.2) is 0 Å². The summed E-state index contributed by atoms with van der Waals surface area (Å²) in [5.41, 5.74) is 8.56. The number of nitrogen functional groups attached to an aromatic ring is 1. The molecule has 0 bridgehead atoms. The molecule has 0 radical (unpaired) electrons. The summed E-state index contributed by atoms with van der Waals surface area (Å²) in [7, 11) is 0. The summed E-state index contributed by atoms with van der Waals surface area (Å²) in [4.78, 5) is 12.5. The molecule has 0 aliphatic heterocycles. The van der Waals surface area contributed by atoms with Gasteiger partial charge in [0.1, 0.15) is 0 Å². The molecule has 2 rings (SSSR count). The lowest BCUT2D eigenvalue weighted by molar-refractivity contribution is -0.120. The van der Waals surface area contributed by atoms with Crippen LogP contribution in [0.5, 0.6) is 0 Å². The Balaban J connectivity index is 2.26. The summed E-state index contributed by atoms with van der Waals surface area (Å²) >= 11 is 0. The van der Waals surface area contributed by atoms with E-state index in [1.165, 1.54) is 0 Å². The third-order valence-corrected chi connectivity index (χ3v) is 3.57. The molecule has 0 saturated carbocycles. The lowest BCUT2D eigenvalue weighted by atomic mass is 9.83. The topological polar surface area (TPSA) is 55.1 Å². The number of nitrogens with two attached hydrogens (primary N) is 1. The molecule has 0 saturated heterocycles. The molecule has 3 heteroatoms. The van der Waals surface area contributed by atoms with Gasteiger partial charge in [0, 0.05) is 11.4 Å². The van der Waals surface area contributed by atoms with Gasteiger partial charge in [0.25, 0.3) is 0 Å². The van der Waals surface area contributed by atoms with Gasteiger partial charge < -0.3 is 11.1 Å². The Kier molecular flexibility index (Phi) is 3.79. The van der Waals surface area contributed by atoms with E-state index in [-0.39, 0.29) is 5.91 Å². The second-order valence-corrected chi connectivity index (χ2v) is 5.52. The molecule has 0 aliphatic rings. The van der Waals surface area contributed by atoms with Gasteiger partial charge in [-0.05, 0) is 44.0 Å². The van der Waals surface area contributed by atoms with Crippen LogP contribution in [0, 0.1) is 6.92 Å². The maximum atomic E-state index is 12.5. The van der Waals surface area contributed by atoms with Crippen molar-refractivity contribution in [2.45, 2.75) is 26.2 Å². The standard InChI is InChI=1S/C17H20N2O/c1-12-9-10-14(18)11-15(12)19-16(20)17(2,3)13-7-5-4-6-8-13/h4-11H,18H2,1-3H3,(H,19,20). The molecule has 0 unspecified atom stereocenters. The Morgan fingerprint density at radius 3 is 2.40 bits per heavy atom. The number of carbonyl (C=O) groups is 1. The van der Waals surface area contributed by atoms with Crippen molar-refractivity contribution in [3.05, 3.63) is 59.7 Å². The smallest absolute Gasteiger partial charge is 0.234 e. The number of nitrogens with one attached hydrogen (secondary N) is 1. The van der Waals surface area contributed by atoms with Gasteiger partial charge in [-0.1, -0.05) is 36.4 Å². The van der Waals surface area contributed by atoms with E-state index in [1.54, 1.807) is 6.07 Å². The number of benzene rings is 2. The molecule has 3 nitrogen and oxygen atoms in total. The van der Waals surface area contributed by atoms with Crippen molar-refractivity contribution in [1.29, 1.82) is 0 Å². The Bertz CT molecular complexity index is 618. The van der Waals surface area contributed by atoms with E-state index in [9.17, 15) is 4.79 Å². The first-order valence-electron chi connectivity index (χ1n) is 6.64. The maximum Gasteiger partial charge on any atom is 0.234 e. The lowest BCUT2D eigenvalue weighted by Crippen LogP contribution is -2.34. The van der Waals surface area contributed by atoms with E-state index >= 15 is 0 Å². The highest BCUT2D eigenvalue weighted by Gasteiger charge is 2.29. The number of carbonyl (C=O) groups excluding carboxylic acids is 1. The summed E-state index contributed by atoms with van der Waals surface area (Å²) < 4.78 is 0. The molecule has 0 aromatic heterocycles. The normalized spacial score (nSPS) is 11.2. The third-order valence-electron chi connectivity index (χ3n) is 3.57. The second kappa shape index (κ2) is 5.37. The van der Waals surface area contributed by atoms with E-state index in [4.69, 9.17) is 5.73 Å². The fourth-order valence-corrected chi connectivity index (χ4v) is 2.04. The number of amides is 1. The van der Waals surface area contributed by atoms with Crippen LogP contribution < -0.4 is 11.1 Å². The zero-order valence-corrected chi connectivity index (χ0v) is 12.1. The number of rotatable bonds is 3. The maximum absolute atomic E-state index is 12.5. The van der Waals surface area contributed by atoms with Crippen LogP contribution >= 0.6 is 0 Å². The molecule has 0 heterocycles. The molecular formula is C17H20N2O. The molecule has 0 aliphatic carbocycles. The van der Waals surface area contributed by atoms with Crippen molar-refractivity contribution >= 4 is 17.3 Å². The third kappa shape index (κ3) is 2.82. The highest BCUT2D eigenvalue weighted by molar-refractivity contribution is 5.99. The predicted octanol–water partition coefficient (Wildman–Crippen LogP) is 3.49. The predicted molar refractivity (Wildman–Crippen MR) is 83.7 cm³/mol. The summed E-state index contributed by atoms with van der Waals surface area (Å²) in [5, 5.41) is 2.97. The van der Waals surface area contributed by atoms with Crippen LogP contribution in [-0.2, 0) is 10.2 Å². The molecular weight excluding hydrogens is 248 g/mol. The Morgan fingerprint density at radius 2 is 1.75 bits per heavy atom. The molecule has 2 aromatic carbocycles. The zero-order chi connectivity index (χ0) is 14.8. The minimum absolute atomic E-state index is 0.0441. The van der Waals surface area contributed by atoms with Crippen LogP contribution in [0.2, 0.25) is 0 Å². The van der Waals surface area contributed by atoms with Crippen LogP contribution in [0.4, 0.5) is 11.4 Å². The van der Waals surface area contributed by atoms with Gasteiger partial charge in [-0.15, -0.1) is 0 Å². The van der Waals surface area contributed by atoms with Gasteiger partial charge in [0.2, 0.25) is 5.91 Å². The van der Waals surface area contributed by atoms with Crippen molar-refractivity contribution in [2.24, 2.45) is 0 Å². The summed E-state index contributed by atoms with van der Waals surface area (Å²) in [6.07, 6.45) is 0. The monoisotopic (exact) mass is 268 g/mol. The van der Waals surface area contributed by atoms with Crippen LogP contribution in [0.3, 0.4) is 0 Å². The molecule has 0 fully saturated rings. The van der Waals surface area contributed by atoms with Gasteiger partial charge in [0.15, 0.2) is 0 Å². The lowest BCUT2D eigenvalue weighted by Gasteiger charge is -2.24. The average Bonchev–Trinajstić information content (AvgIpc) is 2.43. The molecule has 104 valence electrons. The molecule has 2 aromatic rings. The fourth-order valence-electron chi connectivity index (χ4n) is 2.04. The van der Waals surface area contributed by atoms with E-state index in [1.807, 2.05) is 63.2 Å². The zero-order valence-electron chi connectivity index (χ0n) is 12.1. The van der Waals surface area contributed by atoms with Crippen LogP contribution in [0.1, 0.15) is 25.0 Å². The number of hydrogen-bond acceptors (Lipinski definition) is 2. The van der Waals surface area contributed by atoms with Crippen molar-refractivity contribution in [3.63, 3.8) is 0 Å². The quantitative estimate of drug-likeness (QED) is 0.837. The summed E-state index contributed by atoms with van der Waals surface area (Å²) in [5.74, 6) is -0.0441. The fraction of sp³-hybridized carbons (Fsp3) is 0.235. The first-order chi connectivity index (χ1) is 9.41. The van der Waals surface area contributed by atoms with E-state index in [2.05, 4.69) is 5.32 Å². The summed E-state index contributed by atoms with van der Waals surface area (Å²) in [6.45, 7) is 5.78.